The van der Waals surface area contributed by atoms with Crippen molar-refractivity contribution in [3.05, 3.63) is 69.8 Å². The van der Waals surface area contributed by atoms with Crippen molar-refractivity contribution in [2.45, 2.75) is 17.9 Å². The molecule has 0 aliphatic carbocycles. The fraction of sp³-hybridized carbons (Fsp3) is 0.235. The van der Waals surface area contributed by atoms with Crippen molar-refractivity contribution >= 4 is 21.7 Å². The summed E-state index contributed by atoms with van der Waals surface area (Å²) in [5.74, 6) is -0.758. The van der Waals surface area contributed by atoms with Crippen LogP contribution in [0.25, 0.3) is 0 Å². The highest BCUT2D eigenvalue weighted by Crippen LogP contribution is 2.23. The fourth-order valence-electron chi connectivity index (χ4n) is 2.22. The number of sulfonamides is 1. The average Bonchev–Trinajstić information content (AvgIpc) is 2.67. The summed E-state index contributed by atoms with van der Waals surface area (Å²) in [4.78, 5) is 27.2. The van der Waals surface area contributed by atoms with Crippen LogP contribution in [-0.2, 0) is 19.6 Å². The van der Waals surface area contributed by atoms with E-state index in [0.29, 0.717) is 10.0 Å². The third-order valence-electron chi connectivity index (χ3n) is 3.80. The molecule has 0 saturated carbocycles. The van der Waals surface area contributed by atoms with E-state index < -0.39 is 27.0 Å². The Bertz CT molecular complexity index is 959. The molecule has 0 bridgehead atoms. The Hall–Kier alpha value is -2.82. The zero-order valence-electron chi connectivity index (χ0n) is 14.9. The van der Waals surface area contributed by atoms with Crippen molar-refractivity contribution in [3.8, 4) is 0 Å². The molecule has 0 aliphatic heterocycles. The summed E-state index contributed by atoms with van der Waals surface area (Å²) < 4.78 is 30.5. The zero-order chi connectivity index (χ0) is 20.2. The van der Waals surface area contributed by atoms with Gasteiger partial charge in [-0.15, -0.1) is 0 Å². The number of carbonyl (C=O) groups excluding carboxylic acids is 1. The molecule has 27 heavy (non-hydrogen) atoms. The number of hydrogen-bond acceptors (Lipinski definition) is 7. The summed E-state index contributed by atoms with van der Waals surface area (Å²) in [5.41, 5.74) is 0.351. The SMILES string of the molecule is CON(C)S(=O)(=O)c1cccc(C(=O)O[C@@H](C)c2cccc([N+](=O)[O-])c2)c1. The van der Waals surface area contributed by atoms with Crippen LogP contribution in [0.15, 0.2) is 53.4 Å². The van der Waals surface area contributed by atoms with Crippen LogP contribution in [0, 0.1) is 10.1 Å². The van der Waals surface area contributed by atoms with E-state index in [9.17, 15) is 23.3 Å². The van der Waals surface area contributed by atoms with Crippen LogP contribution in [0.4, 0.5) is 5.69 Å². The number of nitro benzene ring substituents is 1. The lowest BCUT2D eigenvalue weighted by molar-refractivity contribution is -0.385. The monoisotopic (exact) mass is 394 g/mol. The number of carbonyl (C=O) groups is 1. The third-order valence-corrected chi connectivity index (χ3v) is 5.47. The number of nitrogens with zero attached hydrogens (tertiary/aromatic N) is 2. The maximum atomic E-state index is 12.4. The minimum Gasteiger partial charge on any atom is -0.454 e. The molecule has 0 saturated heterocycles. The predicted octanol–water partition coefficient (Wildman–Crippen LogP) is 2.69. The Kier molecular flexibility index (Phi) is 6.26. The van der Waals surface area contributed by atoms with Crippen LogP contribution >= 0.6 is 0 Å². The molecule has 144 valence electrons. The quantitative estimate of drug-likeness (QED) is 0.403. The van der Waals surface area contributed by atoms with Gasteiger partial charge in [0.2, 0.25) is 0 Å². The highest BCUT2D eigenvalue weighted by atomic mass is 32.2. The number of hydroxylamine groups is 1. The van der Waals surface area contributed by atoms with Gasteiger partial charge in [0.05, 0.1) is 22.5 Å². The van der Waals surface area contributed by atoms with Crippen LogP contribution in [-0.4, -0.2) is 37.9 Å². The normalized spacial score (nSPS) is 12.6. The van der Waals surface area contributed by atoms with Gasteiger partial charge in [-0.25, -0.2) is 13.2 Å². The smallest absolute Gasteiger partial charge is 0.338 e. The molecular weight excluding hydrogens is 376 g/mol. The Morgan fingerprint density at radius 3 is 2.48 bits per heavy atom. The van der Waals surface area contributed by atoms with Crippen molar-refractivity contribution in [2.75, 3.05) is 14.2 Å². The molecule has 0 aromatic heterocycles. The van der Waals surface area contributed by atoms with E-state index in [2.05, 4.69) is 0 Å². The molecule has 0 spiro atoms. The van der Waals surface area contributed by atoms with Crippen molar-refractivity contribution in [2.24, 2.45) is 0 Å². The van der Waals surface area contributed by atoms with E-state index in [4.69, 9.17) is 9.57 Å². The van der Waals surface area contributed by atoms with E-state index in [0.717, 1.165) is 0 Å². The highest BCUT2D eigenvalue weighted by molar-refractivity contribution is 7.89. The molecule has 0 unspecified atom stereocenters. The second-order valence-corrected chi connectivity index (χ2v) is 7.46. The first kappa shape index (κ1) is 20.5. The number of rotatable bonds is 7. The lowest BCUT2D eigenvalue weighted by atomic mass is 10.1. The van der Waals surface area contributed by atoms with E-state index >= 15 is 0 Å². The first-order chi connectivity index (χ1) is 12.7. The molecule has 9 nitrogen and oxygen atoms in total. The standard InChI is InChI=1S/C17H18N2O7S/c1-12(13-6-4-8-15(10-13)19(21)22)26-17(20)14-7-5-9-16(11-14)27(23,24)18(2)25-3/h4-12H,1-3H3/t12-/m0/s1. The van der Waals surface area contributed by atoms with Gasteiger partial charge in [0, 0.05) is 19.2 Å². The zero-order valence-corrected chi connectivity index (χ0v) is 15.7. The van der Waals surface area contributed by atoms with Crippen molar-refractivity contribution in [3.63, 3.8) is 0 Å². The number of ether oxygens (including phenoxy) is 1. The Morgan fingerprint density at radius 1 is 1.19 bits per heavy atom. The summed E-state index contributed by atoms with van der Waals surface area (Å²) in [6, 6.07) is 11.0. The fourth-order valence-corrected chi connectivity index (χ4v) is 3.24. The molecule has 0 fully saturated rings. The molecule has 1 atom stereocenters. The molecule has 2 rings (SSSR count). The van der Waals surface area contributed by atoms with Gasteiger partial charge < -0.3 is 4.74 Å². The van der Waals surface area contributed by atoms with Gasteiger partial charge in [-0.1, -0.05) is 22.7 Å². The van der Waals surface area contributed by atoms with Crippen LogP contribution in [0.5, 0.6) is 0 Å². The summed E-state index contributed by atoms with van der Waals surface area (Å²) in [6.45, 7) is 1.57. The molecule has 0 aliphatic rings. The second-order valence-electron chi connectivity index (χ2n) is 5.52. The summed E-state index contributed by atoms with van der Waals surface area (Å²) in [6.07, 6.45) is -0.765. The van der Waals surface area contributed by atoms with Crippen LogP contribution in [0.3, 0.4) is 0 Å². The second kappa shape index (κ2) is 8.25. The van der Waals surface area contributed by atoms with Crippen LogP contribution in [0.2, 0.25) is 0 Å². The molecule has 0 amide bonds. The van der Waals surface area contributed by atoms with Gasteiger partial charge in [0.25, 0.3) is 15.7 Å². The van der Waals surface area contributed by atoms with E-state index in [1.807, 2.05) is 0 Å². The van der Waals surface area contributed by atoms with E-state index in [1.54, 1.807) is 13.0 Å². The van der Waals surface area contributed by atoms with Crippen molar-refractivity contribution in [1.29, 1.82) is 0 Å². The maximum Gasteiger partial charge on any atom is 0.338 e. The number of non-ortho nitro benzene ring substituents is 1. The number of hydrogen-bond donors (Lipinski definition) is 0. The van der Waals surface area contributed by atoms with Gasteiger partial charge in [0.15, 0.2) is 0 Å². The molecule has 2 aromatic rings. The van der Waals surface area contributed by atoms with E-state index in [-0.39, 0.29) is 16.1 Å². The maximum absolute atomic E-state index is 12.4. The molecule has 0 heterocycles. The predicted molar refractivity (Wildman–Crippen MR) is 95.3 cm³/mol. The van der Waals surface area contributed by atoms with Gasteiger partial charge in [-0.3, -0.25) is 15.0 Å². The van der Waals surface area contributed by atoms with Gasteiger partial charge in [-0.05, 0) is 30.7 Å². The number of esters is 1. The lowest BCUT2D eigenvalue weighted by Gasteiger charge is -2.16. The topological polar surface area (TPSA) is 116 Å². The first-order valence-corrected chi connectivity index (χ1v) is 9.19. The largest absolute Gasteiger partial charge is 0.454 e. The van der Waals surface area contributed by atoms with Crippen molar-refractivity contribution in [1.82, 2.24) is 4.47 Å². The average molecular weight is 394 g/mol. The van der Waals surface area contributed by atoms with Crippen molar-refractivity contribution < 1.29 is 27.7 Å². The lowest BCUT2D eigenvalue weighted by Crippen LogP contribution is -2.26. The summed E-state index contributed by atoms with van der Waals surface area (Å²) in [5, 5.41) is 10.9. The third kappa shape index (κ3) is 4.67. The Labute approximate surface area is 156 Å². The molecule has 0 N–H and O–H groups in total. The number of nitro groups is 1. The molecular formula is C17H18N2O7S. The molecule has 0 radical (unpaired) electrons. The summed E-state index contributed by atoms with van der Waals surface area (Å²) >= 11 is 0. The van der Waals surface area contributed by atoms with Gasteiger partial charge in [0.1, 0.15) is 6.10 Å². The highest BCUT2D eigenvalue weighted by Gasteiger charge is 2.23. The van der Waals surface area contributed by atoms with Crippen LogP contribution < -0.4 is 0 Å². The van der Waals surface area contributed by atoms with E-state index in [1.165, 1.54) is 56.6 Å². The number of benzene rings is 2. The van der Waals surface area contributed by atoms with Gasteiger partial charge in [-0.2, -0.15) is 0 Å². The minimum atomic E-state index is -3.91. The first-order valence-electron chi connectivity index (χ1n) is 7.75. The molecule has 10 heteroatoms. The minimum absolute atomic E-state index is 0.0258. The summed E-state index contributed by atoms with van der Waals surface area (Å²) in [7, 11) is -1.48. The Balaban J connectivity index is 2.23. The van der Waals surface area contributed by atoms with Crippen LogP contribution in [0.1, 0.15) is 28.9 Å². The van der Waals surface area contributed by atoms with Gasteiger partial charge >= 0.3 is 5.97 Å². The Morgan fingerprint density at radius 2 is 1.85 bits per heavy atom. The molecule has 2 aromatic carbocycles.